The molecule has 2 aliphatic heterocycles. The van der Waals surface area contributed by atoms with Crippen molar-refractivity contribution in [3.05, 3.63) is 0 Å². The van der Waals surface area contributed by atoms with Crippen molar-refractivity contribution in [2.45, 2.75) is 359 Å². The topological polar surface area (TPSA) is 0 Å². The maximum absolute atomic E-state index is 4.82. The van der Waals surface area contributed by atoms with Crippen LogP contribution in [0.4, 0.5) is 0 Å². The minimum atomic E-state index is 0.648. The molecule has 8 unspecified atom stereocenters. The zero-order chi connectivity index (χ0) is 45.8. The standard InChI is InChI=1S/C62H114S4/c63-56-41-37-52(38-42-56)31-22-14-7-3-11-19-27-46-62(45-26-18-10-2-1-6-15-23-32-53-35-30-36-57(64)49-53,47-28-20-12-4-8-16-24-33-54-39-43-58-60(50-54)65-58)48-29-21-13-5-9-17-25-34-55-40-44-59-61(51-55)66-59/h52-61,63-64H,1-51H2. The van der Waals surface area contributed by atoms with Gasteiger partial charge in [0.2, 0.25) is 0 Å². The monoisotopic (exact) mass is 987 g/mol. The van der Waals surface area contributed by atoms with Gasteiger partial charge in [0.05, 0.1) is 0 Å². The molecule has 2 heterocycles. The van der Waals surface area contributed by atoms with Crippen LogP contribution in [0.1, 0.15) is 327 Å². The lowest BCUT2D eigenvalue weighted by Crippen LogP contribution is -2.21. The van der Waals surface area contributed by atoms with Gasteiger partial charge in [-0.1, -0.05) is 225 Å². The van der Waals surface area contributed by atoms with Gasteiger partial charge in [-0.05, 0) is 132 Å². The molecule has 66 heavy (non-hydrogen) atoms. The van der Waals surface area contributed by atoms with Crippen LogP contribution in [0, 0.1) is 29.1 Å². The highest BCUT2D eigenvalue weighted by Crippen LogP contribution is 2.54. The van der Waals surface area contributed by atoms with Gasteiger partial charge in [0, 0.05) is 31.5 Å². The van der Waals surface area contributed by atoms with Crippen LogP contribution in [0.3, 0.4) is 0 Å². The number of thioether (sulfide) groups is 2. The van der Waals surface area contributed by atoms with Gasteiger partial charge in [-0.15, -0.1) is 0 Å². The number of unbranched alkanes of at least 4 members (excludes halogenated alkanes) is 25. The molecule has 0 spiro atoms. The molecule has 4 heteroatoms. The van der Waals surface area contributed by atoms with Crippen LogP contribution >= 0.6 is 48.8 Å². The minimum absolute atomic E-state index is 0.648. The fourth-order valence-electron chi connectivity index (χ4n) is 14.7. The molecule has 4 aliphatic carbocycles. The first-order chi connectivity index (χ1) is 32.5. The van der Waals surface area contributed by atoms with Crippen molar-refractivity contribution >= 4 is 48.8 Å². The predicted octanol–water partition coefficient (Wildman–Crippen LogP) is 22.0. The summed E-state index contributed by atoms with van der Waals surface area (Å²) in [6.07, 6.45) is 76.5. The van der Waals surface area contributed by atoms with Crippen LogP contribution in [0.2, 0.25) is 0 Å². The molecular weight excluding hydrogens is 873 g/mol. The van der Waals surface area contributed by atoms with Crippen LogP contribution in [0.15, 0.2) is 0 Å². The second kappa shape index (κ2) is 34.8. The van der Waals surface area contributed by atoms with E-state index in [0.29, 0.717) is 15.9 Å². The van der Waals surface area contributed by atoms with Gasteiger partial charge in [-0.2, -0.15) is 48.8 Å². The lowest BCUT2D eigenvalue weighted by Gasteiger charge is -2.35. The van der Waals surface area contributed by atoms with Crippen LogP contribution in [-0.2, 0) is 0 Å². The Bertz CT molecular complexity index is 1120. The quantitative estimate of drug-likeness (QED) is 0.0356. The molecular formula is C62H114S4. The Morgan fingerprint density at radius 1 is 0.273 bits per heavy atom. The van der Waals surface area contributed by atoms with Crippen molar-refractivity contribution in [3.8, 4) is 0 Å². The van der Waals surface area contributed by atoms with Crippen molar-refractivity contribution in [2.24, 2.45) is 29.1 Å². The van der Waals surface area contributed by atoms with Crippen molar-refractivity contribution in [3.63, 3.8) is 0 Å². The Morgan fingerprint density at radius 3 is 0.955 bits per heavy atom. The predicted molar refractivity (Wildman–Crippen MR) is 308 cm³/mol. The van der Waals surface area contributed by atoms with Crippen LogP contribution in [0.5, 0.6) is 0 Å². The molecule has 8 atom stereocenters. The second-order valence-electron chi connectivity index (χ2n) is 25.1. The molecule has 0 aromatic heterocycles. The average molecular weight is 988 g/mol. The van der Waals surface area contributed by atoms with Crippen molar-refractivity contribution in [2.75, 3.05) is 0 Å². The number of fused-ring (bicyclic) bond motifs is 2. The Hall–Kier alpha value is 1.40. The Labute approximate surface area is 434 Å². The number of thiol groups is 2. The van der Waals surface area contributed by atoms with Crippen molar-refractivity contribution < 1.29 is 0 Å². The fraction of sp³-hybridized carbons (Fsp3) is 1.00. The number of rotatable bonds is 41. The summed E-state index contributed by atoms with van der Waals surface area (Å²) < 4.78 is 0. The van der Waals surface area contributed by atoms with Gasteiger partial charge in [0.25, 0.3) is 0 Å². The third kappa shape index (κ3) is 24.9. The van der Waals surface area contributed by atoms with E-state index in [-0.39, 0.29) is 0 Å². The summed E-state index contributed by atoms with van der Waals surface area (Å²) in [6.45, 7) is 0. The summed E-state index contributed by atoms with van der Waals surface area (Å²) >= 11 is 14.2. The Balaban J connectivity index is 0.875. The summed E-state index contributed by atoms with van der Waals surface area (Å²) in [5.74, 6) is 4.16. The second-order valence-corrected chi connectivity index (χ2v) is 29.5. The molecule has 0 nitrogen and oxygen atoms in total. The van der Waals surface area contributed by atoms with Gasteiger partial charge in [-0.25, -0.2) is 0 Å². The zero-order valence-electron chi connectivity index (χ0n) is 44.0. The minimum Gasteiger partial charge on any atom is -0.176 e. The summed E-state index contributed by atoms with van der Waals surface area (Å²) in [5, 5.41) is 5.72. The van der Waals surface area contributed by atoms with E-state index >= 15 is 0 Å². The summed E-state index contributed by atoms with van der Waals surface area (Å²) in [6, 6.07) is 0. The number of hydrogen-bond acceptors (Lipinski definition) is 4. The van der Waals surface area contributed by atoms with E-state index in [0.717, 1.165) is 44.7 Å². The molecule has 6 rings (SSSR count). The van der Waals surface area contributed by atoms with Crippen molar-refractivity contribution in [1.29, 1.82) is 0 Å². The largest absolute Gasteiger partial charge is 0.176 e. The Kier molecular flexibility index (Phi) is 29.9. The summed E-state index contributed by atoms with van der Waals surface area (Å²) in [5.41, 5.74) is 0.648. The third-order valence-electron chi connectivity index (χ3n) is 19.3. The first kappa shape index (κ1) is 56.7. The molecule has 386 valence electrons. The maximum Gasteiger partial charge on any atom is 0.0172 e. The van der Waals surface area contributed by atoms with E-state index in [4.69, 9.17) is 25.3 Å². The molecule has 4 saturated carbocycles. The molecule has 0 N–H and O–H groups in total. The highest BCUT2D eigenvalue weighted by atomic mass is 32.2. The lowest BCUT2D eigenvalue weighted by atomic mass is 9.70. The highest BCUT2D eigenvalue weighted by Gasteiger charge is 2.43. The molecule has 6 fully saturated rings. The Morgan fingerprint density at radius 2 is 0.591 bits per heavy atom. The maximum atomic E-state index is 4.82. The molecule has 0 amide bonds. The van der Waals surface area contributed by atoms with E-state index in [1.807, 2.05) is 0 Å². The molecule has 0 aromatic carbocycles. The normalized spacial score (nSPS) is 30.5. The SMILES string of the molecule is SC1CCC(CCCCCCCCCC(CCCCCCCCCCC2CCCC(S)C2)(CCCCCCCCCC2CCC3SC3C2)CCCCCCCCCC2CCC3SC3C2)CC1. The first-order valence-electron chi connectivity index (χ1n) is 31.2. The van der Waals surface area contributed by atoms with Crippen LogP contribution in [-0.4, -0.2) is 31.5 Å². The summed E-state index contributed by atoms with van der Waals surface area (Å²) in [7, 11) is 0. The van der Waals surface area contributed by atoms with E-state index in [1.165, 1.54) is 263 Å². The number of hydrogen-bond donors (Lipinski definition) is 2. The average Bonchev–Trinajstić information content (AvgIpc) is 4.27. The van der Waals surface area contributed by atoms with E-state index in [1.54, 1.807) is 64.2 Å². The van der Waals surface area contributed by atoms with Gasteiger partial charge in [-0.3, -0.25) is 0 Å². The van der Waals surface area contributed by atoms with E-state index in [2.05, 4.69) is 23.5 Å². The zero-order valence-corrected chi connectivity index (χ0v) is 47.5. The fourth-order valence-corrected chi connectivity index (χ4v) is 18.0. The van der Waals surface area contributed by atoms with Crippen LogP contribution < -0.4 is 0 Å². The van der Waals surface area contributed by atoms with Crippen LogP contribution in [0.25, 0.3) is 0 Å². The van der Waals surface area contributed by atoms with E-state index < -0.39 is 0 Å². The first-order valence-corrected chi connectivity index (χ1v) is 34.1. The van der Waals surface area contributed by atoms with E-state index in [9.17, 15) is 0 Å². The molecule has 0 radical (unpaired) electrons. The highest BCUT2D eigenvalue weighted by molar-refractivity contribution is 8.08. The van der Waals surface area contributed by atoms with Gasteiger partial charge in [0.15, 0.2) is 0 Å². The third-order valence-corrected chi connectivity index (χ3v) is 23.3. The molecule has 6 aliphatic rings. The van der Waals surface area contributed by atoms with Gasteiger partial charge in [0.1, 0.15) is 0 Å². The van der Waals surface area contributed by atoms with Gasteiger partial charge < -0.3 is 0 Å². The van der Waals surface area contributed by atoms with Crippen molar-refractivity contribution in [1.82, 2.24) is 0 Å². The summed E-state index contributed by atoms with van der Waals surface area (Å²) in [4.78, 5) is 0. The smallest absolute Gasteiger partial charge is 0.0172 e. The molecule has 2 saturated heterocycles. The van der Waals surface area contributed by atoms with Gasteiger partial charge >= 0.3 is 0 Å². The molecule has 0 bridgehead atoms. The molecule has 0 aromatic rings. The lowest BCUT2D eigenvalue weighted by molar-refractivity contribution is 0.171.